The smallest absolute Gasteiger partial charge is 0.410 e. The van der Waals surface area contributed by atoms with Crippen molar-refractivity contribution in [1.29, 1.82) is 0 Å². The average molecular weight is 593 g/mol. The van der Waals surface area contributed by atoms with E-state index >= 15 is 0 Å². The lowest BCUT2D eigenvalue weighted by molar-refractivity contribution is -0.0383. The second-order valence-corrected chi connectivity index (χ2v) is 12.1. The summed E-state index contributed by atoms with van der Waals surface area (Å²) in [4.78, 5) is 20.9. The van der Waals surface area contributed by atoms with Gasteiger partial charge in [0, 0.05) is 57.3 Å². The summed E-state index contributed by atoms with van der Waals surface area (Å²) in [5.41, 5.74) is 10.1. The molecule has 1 atom stereocenters. The predicted octanol–water partition coefficient (Wildman–Crippen LogP) is 5.09. The number of ether oxygens (including phenoxy) is 2. The highest BCUT2D eigenvalue weighted by molar-refractivity contribution is 7.80. The lowest BCUT2D eigenvalue weighted by atomic mass is 10.1. The molecule has 2 saturated heterocycles. The van der Waals surface area contributed by atoms with Gasteiger partial charge >= 0.3 is 6.09 Å². The molecule has 2 aromatic heterocycles. The fourth-order valence-corrected chi connectivity index (χ4v) is 5.31. The van der Waals surface area contributed by atoms with Crippen LogP contribution in [0.15, 0.2) is 48.8 Å². The molecule has 0 saturated carbocycles. The molecule has 0 radical (unpaired) electrons. The number of rotatable bonds is 6. The summed E-state index contributed by atoms with van der Waals surface area (Å²) in [6.07, 6.45) is 6.39. The number of hydrogen-bond acceptors (Lipinski definition) is 8. The molecule has 12 heteroatoms. The van der Waals surface area contributed by atoms with Crippen LogP contribution in [0.4, 0.5) is 22.0 Å². The lowest BCUT2D eigenvalue weighted by Gasteiger charge is -2.35. The summed E-state index contributed by atoms with van der Waals surface area (Å²) in [5, 5.41) is 11.3. The molecule has 1 aromatic carbocycles. The van der Waals surface area contributed by atoms with Crippen LogP contribution in [0, 0.1) is 0 Å². The average Bonchev–Trinajstić information content (AvgIpc) is 3.44. The number of thiocarbonyl (C=S) groups is 1. The largest absolute Gasteiger partial charge is 0.444 e. The number of nitrogens with two attached hydrogens (primary N) is 1. The van der Waals surface area contributed by atoms with E-state index in [4.69, 9.17) is 27.4 Å². The molecular weight excluding hydrogens is 552 g/mol. The molecule has 0 aliphatic carbocycles. The number of anilines is 3. The monoisotopic (exact) mass is 592 g/mol. The van der Waals surface area contributed by atoms with Crippen LogP contribution in [-0.4, -0.2) is 74.2 Å². The van der Waals surface area contributed by atoms with Gasteiger partial charge in [0.25, 0.3) is 0 Å². The van der Waals surface area contributed by atoms with Gasteiger partial charge in [0.1, 0.15) is 11.4 Å². The Morgan fingerprint density at radius 3 is 2.64 bits per heavy atom. The summed E-state index contributed by atoms with van der Waals surface area (Å²) in [6, 6.07) is 11.8. The molecule has 2 aliphatic rings. The molecule has 2 aliphatic heterocycles. The Morgan fingerprint density at radius 1 is 1.10 bits per heavy atom. The second kappa shape index (κ2) is 13.1. The van der Waals surface area contributed by atoms with Crippen molar-refractivity contribution in [1.82, 2.24) is 24.6 Å². The van der Waals surface area contributed by atoms with Crippen molar-refractivity contribution in [3.63, 3.8) is 0 Å². The van der Waals surface area contributed by atoms with E-state index in [9.17, 15) is 4.79 Å². The van der Waals surface area contributed by atoms with Gasteiger partial charge in [-0.15, -0.1) is 0 Å². The molecule has 4 heterocycles. The number of piperazine rings is 1. The number of hydrogen-bond donors (Lipinski definition) is 3. The minimum Gasteiger partial charge on any atom is -0.444 e. The number of pyridine rings is 1. The standard InChI is InChI=1S/C30H40N8O3S/c1-30(2,3)41-29(39)37-15-13-36(14-16-37)20-21-9-11-32-26(18-21)35-28(42)34-24-19-22(7-8-23(24)31)25-10-12-33-38(25)27-6-4-5-17-40-27/h7-12,18-19,27H,4-6,13-17,20,31H2,1-3H3,(H2,32,34,35,42). The minimum atomic E-state index is -0.494. The zero-order valence-electron chi connectivity index (χ0n) is 24.5. The summed E-state index contributed by atoms with van der Waals surface area (Å²) < 4.78 is 13.4. The van der Waals surface area contributed by atoms with Crippen molar-refractivity contribution in [2.75, 3.05) is 49.2 Å². The molecule has 11 nitrogen and oxygen atoms in total. The molecule has 1 amide bonds. The van der Waals surface area contributed by atoms with E-state index in [-0.39, 0.29) is 12.3 Å². The molecular formula is C30H40N8O3S. The van der Waals surface area contributed by atoms with Gasteiger partial charge in [-0.25, -0.2) is 14.5 Å². The van der Waals surface area contributed by atoms with E-state index in [2.05, 4.69) is 25.6 Å². The van der Waals surface area contributed by atoms with Crippen LogP contribution in [0.1, 0.15) is 51.8 Å². The number of nitrogen functional groups attached to an aromatic ring is 1. The Morgan fingerprint density at radius 2 is 1.90 bits per heavy atom. The highest BCUT2D eigenvalue weighted by atomic mass is 32.1. The first-order valence-corrected chi connectivity index (χ1v) is 14.8. The number of benzene rings is 1. The predicted molar refractivity (Wildman–Crippen MR) is 168 cm³/mol. The zero-order chi connectivity index (χ0) is 29.7. The van der Waals surface area contributed by atoms with Crippen molar-refractivity contribution in [3.05, 3.63) is 54.4 Å². The first-order chi connectivity index (χ1) is 20.1. The molecule has 224 valence electrons. The summed E-state index contributed by atoms with van der Waals surface area (Å²) in [6.45, 7) is 9.95. The Kier molecular flexibility index (Phi) is 9.24. The molecule has 2 fully saturated rings. The number of carbonyl (C=O) groups excluding carboxylic acids is 1. The normalized spacial score (nSPS) is 18.0. The number of nitrogens with one attached hydrogen (secondary N) is 2. The number of amides is 1. The van der Waals surface area contributed by atoms with E-state index in [1.807, 2.05) is 61.9 Å². The SMILES string of the molecule is CC(C)(C)OC(=O)N1CCN(Cc2ccnc(NC(=S)Nc3cc(-c4ccnn4C4CCCCO4)ccc3N)c2)CC1. The van der Waals surface area contributed by atoms with Crippen molar-refractivity contribution < 1.29 is 14.3 Å². The highest BCUT2D eigenvalue weighted by Gasteiger charge is 2.26. The molecule has 4 N–H and O–H groups in total. The van der Waals surface area contributed by atoms with E-state index in [0.717, 1.165) is 62.3 Å². The topological polar surface area (TPSA) is 123 Å². The van der Waals surface area contributed by atoms with Crippen molar-refractivity contribution in [3.8, 4) is 11.3 Å². The zero-order valence-corrected chi connectivity index (χ0v) is 25.3. The van der Waals surface area contributed by atoms with Gasteiger partial charge in [-0.05, 0) is 88.1 Å². The number of nitrogens with zero attached hydrogens (tertiary/aromatic N) is 5. The maximum Gasteiger partial charge on any atom is 0.410 e. The molecule has 0 bridgehead atoms. The van der Waals surface area contributed by atoms with Gasteiger partial charge in [0.2, 0.25) is 0 Å². The Balaban J connectivity index is 1.17. The van der Waals surface area contributed by atoms with Crippen LogP contribution in [0.5, 0.6) is 0 Å². The third kappa shape index (κ3) is 7.75. The highest BCUT2D eigenvalue weighted by Crippen LogP contribution is 2.31. The maximum atomic E-state index is 12.4. The summed E-state index contributed by atoms with van der Waals surface area (Å²) >= 11 is 5.61. The van der Waals surface area contributed by atoms with Gasteiger partial charge in [-0.3, -0.25) is 4.90 Å². The van der Waals surface area contributed by atoms with Gasteiger partial charge in [-0.1, -0.05) is 6.07 Å². The van der Waals surface area contributed by atoms with Crippen LogP contribution in [-0.2, 0) is 16.0 Å². The van der Waals surface area contributed by atoms with Crippen molar-refractivity contribution in [2.24, 2.45) is 0 Å². The van der Waals surface area contributed by atoms with Crippen LogP contribution < -0.4 is 16.4 Å². The minimum absolute atomic E-state index is 0.0624. The first kappa shape index (κ1) is 29.7. The van der Waals surface area contributed by atoms with E-state index in [1.165, 1.54) is 0 Å². The second-order valence-electron chi connectivity index (χ2n) is 11.7. The van der Waals surface area contributed by atoms with Crippen molar-refractivity contribution >= 4 is 40.6 Å². The van der Waals surface area contributed by atoms with Gasteiger partial charge in [-0.2, -0.15) is 5.10 Å². The fourth-order valence-electron chi connectivity index (χ4n) is 5.10. The van der Waals surface area contributed by atoms with E-state index in [1.54, 1.807) is 17.3 Å². The maximum absolute atomic E-state index is 12.4. The summed E-state index contributed by atoms with van der Waals surface area (Å²) in [5.74, 6) is 0.639. The fraction of sp³-hybridized carbons (Fsp3) is 0.467. The Bertz CT molecular complexity index is 1390. The lowest BCUT2D eigenvalue weighted by Crippen LogP contribution is -2.49. The molecule has 3 aromatic rings. The van der Waals surface area contributed by atoms with Crippen LogP contribution in [0.2, 0.25) is 0 Å². The van der Waals surface area contributed by atoms with E-state index < -0.39 is 5.60 Å². The quantitative estimate of drug-likeness (QED) is 0.264. The molecule has 0 spiro atoms. The van der Waals surface area contributed by atoms with Crippen LogP contribution in [0.3, 0.4) is 0 Å². The number of aromatic nitrogens is 3. The van der Waals surface area contributed by atoms with Crippen LogP contribution >= 0.6 is 12.2 Å². The third-order valence-corrected chi connectivity index (χ3v) is 7.40. The molecule has 42 heavy (non-hydrogen) atoms. The van der Waals surface area contributed by atoms with Gasteiger partial charge < -0.3 is 30.7 Å². The number of carbonyl (C=O) groups is 1. The van der Waals surface area contributed by atoms with Crippen LogP contribution in [0.25, 0.3) is 11.3 Å². The summed E-state index contributed by atoms with van der Waals surface area (Å²) in [7, 11) is 0. The van der Waals surface area contributed by atoms with Gasteiger partial charge in [0.05, 0.1) is 17.1 Å². The van der Waals surface area contributed by atoms with E-state index in [0.29, 0.717) is 35.4 Å². The Hall–Kier alpha value is -3.74. The molecule has 5 rings (SSSR count). The van der Waals surface area contributed by atoms with Gasteiger partial charge in [0.15, 0.2) is 11.3 Å². The third-order valence-electron chi connectivity index (χ3n) is 7.19. The first-order valence-electron chi connectivity index (χ1n) is 14.4. The molecule has 1 unspecified atom stereocenters. The Labute approximate surface area is 252 Å². The van der Waals surface area contributed by atoms with Crippen molar-refractivity contribution in [2.45, 2.75) is 58.4 Å².